The minimum Gasteiger partial charge on any atom is -0.496 e. The predicted molar refractivity (Wildman–Crippen MR) is 88.1 cm³/mol. The highest BCUT2D eigenvalue weighted by atomic mass is 32.2. The fraction of sp³-hybridized carbons (Fsp3) is 0.375. The van der Waals surface area contributed by atoms with E-state index in [2.05, 4.69) is 0 Å². The van der Waals surface area contributed by atoms with E-state index in [-0.39, 0.29) is 11.1 Å². The minimum atomic E-state index is -0.252. The smallest absolute Gasteiger partial charge is 0.294 e. The zero-order chi connectivity index (χ0) is 16.2. The van der Waals surface area contributed by atoms with Crippen LogP contribution < -0.4 is 4.74 Å². The number of methoxy groups -OCH3 is 1. The van der Waals surface area contributed by atoms with Crippen LogP contribution in [0.15, 0.2) is 29.2 Å². The second kappa shape index (κ2) is 7.16. The molecule has 2 aliphatic heterocycles. The maximum atomic E-state index is 12.5. The van der Waals surface area contributed by atoms with Crippen LogP contribution in [-0.4, -0.2) is 61.0 Å². The number of imide groups is 1. The van der Waals surface area contributed by atoms with Crippen LogP contribution in [0.5, 0.6) is 5.75 Å². The summed E-state index contributed by atoms with van der Waals surface area (Å²) in [4.78, 5) is 28.4. The third kappa shape index (κ3) is 3.57. The van der Waals surface area contributed by atoms with E-state index in [1.54, 1.807) is 13.2 Å². The quantitative estimate of drug-likeness (QED) is 0.785. The van der Waals surface area contributed by atoms with Crippen LogP contribution >= 0.6 is 11.8 Å². The first-order valence-electron chi connectivity index (χ1n) is 7.37. The first-order chi connectivity index (χ1) is 11.2. The summed E-state index contributed by atoms with van der Waals surface area (Å²) in [5.74, 6) is 0.421. The summed E-state index contributed by atoms with van der Waals surface area (Å²) in [7, 11) is 1.58. The van der Waals surface area contributed by atoms with E-state index in [1.165, 1.54) is 4.90 Å². The second-order valence-electron chi connectivity index (χ2n) is 5.22. The van der Waals surface area contributed by atoms with Crippen molar-refractivity contribution < 1.29 is 19.1 Å². The monoisotopic (exact) mass is 334 g/mol. The van der Waals surface area contributed by atoms with E-state index in [1.807, 2.05) is 29.2 Å². The highest BCUT2D eigenvalue weighted by Crippen LogP contribution is 2.34. The van der Waals surface area contributed by atoms with Gasteiger partial charge in [0.25, 0.3) is 11.1 Å². The van der Waals surface area contributed by atoms with Crippen molar-refractivity contribution in [3.05, 3.63) is 34.7 Å². The van der Waals surface area contributed by atoms with Gasteiger partial charge in [0.1, 0.15) is 5.75 Å². The van der Waals surface area contributed by atoms with E-state index in [0.717, 1.165) is 30.4 Å². The Bertz CT molecular complexity index is 641. The van der Waals surface area contributed by atoms with Gasteiger partial charge in [0.15, 0.2) is 0 Å². The summed E-state index contributed by atoms with van der Waals surface area (Å²) in [6.07, 6.45) is 1.71. The number of hydrogen-bond acceptors (Lipinski definition) is 6. The average molecular weight is 334 g/mol. The third-order valence-electron chi connectivity index (χ3n) is 3.74. The number of carbonyl (C=O) groups excluding carboxylic acids is 2. The lowest BCUT2D eigenvalue weighted by Gasteiger charge is -2.29. The fourth-order valence-electron chi connectivity index (χ4n) is 2.49. The molecular weight excluding hydrogens is 316 g/mol. The standard InChI is InChI=1S/C16H18N2O4S/c1-21-13-5-3-2-4-12(13)10-14-15(19)18(16(20)23-14)11-17-6-8-22-9-7-17/h2-5,10H,6-9,11H2,1H3/b14-10-. The molecule has 1 aromatic rings. The van der Waals surface area contributed by atoms with Gasteiger partial charge < -0.3 is 9.47 Å². The highest BCUT2D eigenvalue weighted by Gasteiger charge is 2.36. The van der Waals surface area contributed by atoms with Gasteiger partial charge in [-0.05, 0) is 23.9 Å². The topological polar surface area (TPSA) is 59.1 Å². The van der Waals surface area contributed by atoms with Gasteiger partial charge in [-0.1, -0.05) is 18.2 Å². The Balaban J connectivity index is 1.76. The lowest BCUT2D eigenvalue weighted by molar-refractivity contribution is -0.125. The molecule has 0 atom stereocenters. The molecule has 6 nitrogen and oxygen atoms in total. The Labute approximate surface area is 139 Å². The molecule has 0 unspecified atom stereocenters. The van der Waals surface area contributed by atoms with Crippen molar-refractivity contribution >= 4 is 29.0 Å². The van der Waals surface area contributed by atoms with Gasteiger partial charge in [-0.2, -0.15) is 0 Å². The number of morpholine rings is 1. The van der Waals surface area contributed by atoms with Gasteiger partial charge in [0, 0.05) is 18.7 Å². The zero-order valence-corrected chi connectivity index (χ0v) is 13.7. The molecule has 1 aromatic carbocycles. The summed E-state index contributed by atoms with van der Waals surface area (Å²) < 4.78 is 10.6. The van der Waals surface area contributed by atoms with Crippen LogP contribution in [0.4, 0.5) is 4.79 Å². The molecule has 0 saturated carbocycles. The average Bonchev–Trinajstić information content (AvgIpc) is 2.84. The molecule has 2 heterocycles. The molecule has 2 aliphatic rings. The number of hydrogen-bond donors (Lipinski definition) is 0. The van der Waals surface area contributed by atoms with Crippen LogP contribution in [0, 0.1) is 0 Å². The Morgan fingerprint density at radius 1 is 1.26 bits per heavy atom. The molecule has 0 spiro atoms. The van der Waals surface area contributed by atoms with Gasteiger partial charge in [0.05, 0.1) is 31.9 Å². The fourth-order valence-corrected chi connectivity index (χ4v) is 3.31. The van der Waals surface area contributed by atoms with Crippen LogP contribution in [0.25, 0.3) is 6.08 Å². The lowest BCUT2D eigenvalue weighted by atomic mass is 10.2. The summed E-state index contributed by atoms with van der Waals surface area (Å²) >= 11 is 0.969. The summed E-state index contributed by atoms with van der Waals surface area (Å²) in [5, 5.41) is -0.234. The van der Waals surface area contributed by atoms with Gasteiger partial charge in [-0.15, -0.1) is 0 Å². The van der Waals surface area contributed by atoms with Gasteiger partial charge in [0.2, 0.25) is 0 Å². The minimum absolute atomic E-state index is 0.234. The molecule has 0 bridgehead atoms. The van der Waals surface area contributed by atoms with Crippen LogP contribution in [0.3, 0.4) is 0 Å². The molecule has 0 N–H and O–H groups in total. The summed E-state index contributed by atoms with van der Waals surface area (Å²) in [6.45, 7) is 3.04. The number of benzene rings is 1. The normalized spacial score (nSPS) is 21.3. The molecule has 2 saturated heterocycles. The summed E-state index contributed by atoms with van der Waals surface area (Å²) in [5.41, 5.74) is 0.784. The van der Waals surface area contributed by atoms with Crippen molar-refractivity contribution in [3.63, 3.8) is 0 Å². The van der Waals surface area contributed by atoms with Gasteiger partial charge in [-0.25, -0.2) is 0 Å². The predicted octanol–water partition coefficient (Wildman–Crippen LogP) is 2.02. The number of ether oxygens (including phenoxy) is 2. The first-order valence-corrected chi connectivity index (χ1v) is 8.19. The highest BCUT2D eigenvalue weighted by molar-refractivity contribution is 8.18. The van der Waals surface area contributed by atoms with E-state index in [0.29, 0.717) is 30.5 Å². The van der Waals surface area contributed by atoms with Crippen molar-refractivity contribution in [2.75, 3.05) is 40.1 Å². The molecule has 122 valence electrons. The van der Waals surface area contributed by atoms with Crippen molar-refractivity contribution in [1.29, 1.82) is 0 Å². The van der Waals surface area contributed by atoms with E-state index in [9.17, 15) is 9.59 Å². The van der Waals surface area contributed by atoms with Crippen molar-refractivity contribution in [2.24, 2.45) is 0 Å². The Kier molecular flexibility index (Phi) is 5.00. The Morgan fingerprint density at radius 3 is 2.74 bits per heavy atom. The van der Waals surface area contributed by atoms with E-state index >= 15 is 0 Å². The van der Waals surface area contributed by atoms with Crippen LogP contribution in [0.2, 0.25) is 0 Å². The lowest BCUT2D eigenvalue weighted by Crippen LogP contribution is -2.45. The first kappa shape index (κ1) is 16.0. The SMILES string of the molecule is COc1ccccc1/C=C1\SC(=O)N(CN2CCOCC2)C1=O. The maximum Gasteiger partial charge on any atom is 0.294 e. The van der Waals surface area contributed by atoms with E-state index in [4.69, 9.17) is 9.47 Å². The second-order valence-corrected chi connectivity index (χ2v) is 6.22. The van der Waals surface area contributed by atoms with E-state index < -0.39 is 0 Å². The molecule has 0 radical (unpaired) electrons. The molecule has 0 aromatic heterocycles. The van der Waals surface area contributed by atoms with Crippen LogP contribution in [-0.2, 0) is 9.53 Å². The number of nitrogens with zero attached hydrogens (tertiary/aromatic N) is 2. The van der Waals surface area contributed by atoms with Gasteiger partial charge in [-0.3, -0.25) is 19.4 Å². The largest absolute Gasteiger partial charge is 0.496 e. The molecular formula is C16H18N2O4S. The van der Waals surface area contributed by atoms with Crippen molar-refractivity contribution in [1.82, 2.24) is 9.80 Å². The number of rotatable bonds is 4. The number of thioether (sulfide) groups is 1. The summed E-state index contributed by atoms with van der Waals surface area (Å²) in [6, 6.07) is 7.41. The number of para-hydroxylation sites is 1. The third-order valence-corrected chi connectivity index (χ3v) is 4.65. The molecule has 0 aliphatic carbocycles. The molecule has 2 amide bonds. The Morgan fingerprint density at radius 2 is 2.00 bits per heavy atom. The van der Waals surface area contributed by atoms with Gasteiger partial charge >= 0.3 is 0 Å². The molecule has 2 fully saturated rings. The molecule has 7 heteroatoms. The number of amides is 2. The molecule has 3 rings (SSSR count). The Hall–Kier alpha value is -1.83. The maximum absolute atomic E-state index is 12.5. The van der Waals surface area contributed by atoms with Crippen molar-refractivity contribution in [3.8, 4) is 5.75 Å². The van der Waals surface area contributed by atoms with Crippen molar-refractivity contribution in [2.45, 2.75) is 0 Å². The number of carbonyl (C=O) groups is 2. The van der Waals surface area contributed by atoms with Crippen LogP contribution in [0.1, 0.15) is 5.56 Å². The molecule has 23 heavy (non-hydrogen) atoms. The zero-order valence-electron chi connectivity index (χ0n) is 12.9.